The van der Waals surface area contributed by atoms with E-state index in [1.807, 2.05) is 6.26 Å². The smallest absolute Gasteiger partial charge is 0.406 e. The Bertz CT molecular complexity index is 578. The van der Waals surface area contributed by atoms with E-state index in [-0.39, 0.29) is 18.2 Å². The first-order valence-electron chi connectivity index (χ1n) is 6.75. The van der Waals surface area contributed by atoms with Crippen LogP contribution in [-0.2, 0) is 11.3 Å². The summed E-state index contributed by atoms with van der Waals surface area (Å²) in [6.07, 6.45) is -2.30. The number of amides is 3. The summed E-state index contributed by atoms with van der Waals surface area (Å²) in [5, 5.41) is 2.60. The predicted octanol–water partition coefficient (Wildman–Crippen LogP) is 2.76. The number of carbonyl (C=O) groups is 2. The first-order valence-corrected chi connectivity index (χ1v) is 8.15. The fraction of sp³-hybridized carbons (Fsp3) is 0.429. The van der Waals surface area contributed by atoms with Crippen LogP contribution in [0.2, 0.25) is 0 Å². The minimum atomic E-state index is -4.75. The highest BCUT2D eigenvalue weighted by molar-refractivity contribution is 7.98. The lowest BCUT2D eigenvalue weighted by atomic mass is 10.2. The minimum absolute atomic E-state index is 0.00668. The Labute approximate surface area is 135 Å². The molecule has 3 amide bonds. The van der Waals surface area contributed by atoms with Gasteiger partial charge in [-0.05, 0) is 36.1 Å². The number of ether oxygens (including phenoxy) is 1. The van der Waals surface area contributed by atoms with E-state index in [2.05, 4.69) is 10.1 Å². The first-order chi connectivity index (χ1) is 10.8. The maximum atomic E-state index is 12.1. The second-order valence-corrected chi connectivity index (χ2v) is 5.89. The van der Waals surface area contributed by atoms with Gasteiger partial charge in [-0.3, -0.25) is 9.69 Å². The van der Waals surface area contributed by atoms with E-state index in [1.54, 1.807) is 11.8 Å². The van der Waals surface area contributed by atoms with Crippen LogP contribution in [0.1, 0.15) is 12.0 Å². The Kier molecular flexibility index (Phi) is 5.40. The summed E-state index contributed by atoms with van der Waals surface area (Å²) in [6, 6.07) is 4.03. The molecule has 2 rings (SSSR count). The summed E-state index contributed by atoms with van der Waals surface area (Å²) in [4.78, 5) is 25.0. The number of urea groups is 1. The van der Waals surface area contributed by atoms with Crippen LogP contribution in [0.15, 0.2) is 24.3 Å². The second kappa shape index (κ2) is 7.12. The Morgan fingerprint density at radius 3 is 2.48 bits per heavy atom. The zero-order valence-electron chi connectivity index (χ0n) is 12.2. The molecule has 126 valence electrons. The van der Waals surface area contributed by atoms with Crippen LogP contribution in [-0.4, -0.2) is 41.3 Å². The van der Waals surface area contributed by atoms with E-state index in [0.717, 1.165) is 22.8 Å². The molecule has 0 radical (unpaired) electrons. The van der Waals surface area contributed by atoms with Gasteiger partial charge >= 0.3 is 12.4 Å². The summed E-state index contributed by atoms with van der Waals surface area (Å²) in [5.41, 5.74) is 0.536. The number of halogens is 3. The molecule has 1 atom stereocenters. The molecule has 0 aromatic heterocycles. The van der Waals surface area contributed by atoms with Crippen molar-refractivity contribution < 1.29 is 27.5 Å². The lowest BCUT2D eigenvalue weighted by Crippen LogP contribution is -2.31. The van der Waals surface area contributed by atoms with Crippen LogP contribution in [0.5, 0.6) is 5.75 Å². The number of benzene rings is 1. The van der Waals surface area contributed by atoms with Crippen molar-refractivity contribution in [3.63, 3.8) is 0 Å². The second-order valence-electron chi connectivity index (χ2n) is 4.90. The van der Waals surface area contributed by atoms with Crippen LogP contribution in [0.4, 0.5) is 18.0 Å². The molecular weight excluding hydrogens is 333 g/mol. The number of hydrogen-bond acceptors (Lipinski definition) is 4. The fourth-order valence-electron chi connectivity index (χ4n) is 2.14. The lowest BCUT2D eigenvalue weighted by molar-refractivity contribution is -0.274. The Morgan fingerprint density at radius 2 is 1.91 bits per heavy atom. The molecule has 5 nitrogen and oxygen atoms in total. The zero-order valence-corrected chi connectivity index (χ0v) is 13.0. The van der Waals surface area contributed by atoms with E-state index in [9.17, 15) is 22.8 Å². The molecule has 0 aliphatic carbocycles. The highest BCUT2D eigenvalue weighted by Crippen LogP contribution is 2.23. The van der Waals surface area contributed by atoms with Gasteiger partial charge in [0.05, 0.1) is 6.54 Å². The predicted molar refractivity (Wildman–Crippen MR) is 79.0 cm³/mol. The summed E-state index contributed by atoms with van der Waals surface area (Å²) < 4.78 is 40.0. The fourth-order valence-corrected chi connectivity index (χ4v) is 2.61. The van der Waals surface area contributed by atoms with Gasteiger partial charge in [-0.2, -0.15) is 11.8 Å². The van der Waals surface area contributed by atoms with E-state index < -0.39 is 18.4 Å². The summed E-state index contributed by atoms with van der Waals surface area (Å²) in [6.45, 7) is 0.00668. The van der Waals surface area contributed by atoms with Gasteiger partial charge in [-0.25, -0.2) is 4.79 Å². The molecule has 1 aliphatic heterocycles. The minimum Gasteiger partial charge on any atom is -0.406 e. The van der Waals surface area contributed by atoms with Gasteiger partial charge < -0.3 is 10.1 Å². The van der Waals surface area contributed by atoms with Gasteiger partial charge in [-0.15, -0.1) is 13.2 Å². The van der Waals surface area contributed by atoms with Crippen molar-refractivity contribution >= 4 is 23.7 Å². The quantitative estimate of drug-likeness (QED) is 0.803. The van der Waals surface area contributed by atoms with Crippen molar-refractivity contribution in [2.45, 2.75) is 25.4 Å². The molecule has 1 aromatic carbocycles. The molecular formula is C14H15F3N2O3S. The van der Waals surface area contributed by atoms with Crippen LogP contribution >= 0.6 is 11.8 Å². The number of rotatable bonds is 6. The van der Waals surface area contributed by atoms with Gasteiger partial charge in [-0.1, -0.05) is 12.1 Å². The molecule has 1 N–H and O–H groups in total. The van der Waals surface area contributed by atoms with Crippen molar-refractivity contribution in [3.8, 4) is 5.75 Å². The molecule has 1 aliphatic rings. The normalized spacial score (nSPS) is 18.3. The SMILES string of the molecule is CSCC[C@@H]1NC(=O)N(Cc2ccc(OC(F)(F)F)cc2)C1=O. The van der Waals surface area contributed by atoms with Crippen molar-refractivity contribution in [2.24, 2.45) is 0 Å². The van der Waals surface area contributed by atoms with Gasteiger partial charge in [0.25, 0.3) is 5.91 Å². The summed E-state index contributed by atoms with van der Waals surface area (Å²) in [7, 11) is 0. The first kappa shape index (κ1) is 17.5. The van der Waals surface area contributed by atoms with Gasteiger partial charge in [0, 0.05) is 0 Å². The van der Waals surface area contributed by atoms with Gasteiger partial charge in [0.15, 0.2) is 0 Å². The van der Waals surface area contributed by atoms with Crippen LogP contribution in [0.25, 0.3) is 0 Å². The van der Waals surface area contributed by atoms with E-state index >= 15 is 0 Å². The van der Waals surface area contributed by atoms with Crippen LogP contribution in [0, 0.1) is 0 Å². The molecule has 0 bridgehead atoms. The number of hydrogen-bond donors (Lipinski definition) is 1. The van der Waals surface area contributed by atoms with Crippen LogP contribution in [0.3, 0.4) is 0 Å². The Morgan fingerprint density at radius 1 is 1.26 bits per heavy atom. The number of imide groups is 1. The monoisotopic (exact) mass is 348 g/mol. The standard InChI is InChI=1S/C14H15F3N2O3S/c1-23-7-6-11-12(20)19(13(21)18-11)8-9-2-4-10(5-3-9)22-14(15,16)17/h2-5,11H,6-8H2,1H3,(H,18,21)/t11-/m0/s1. The van der Waals surface area contributed by atoms with Gasteiger partial charge in [0.2, 0.25) is 0 Å². The summed E-state index contributed by atoms with van der Waals surface area (Å²) >= 11 is 1.58. The van der Waals surface area contributed by atoms with E-state index in [1.165, 1.54) is 12.1 Å². The van der Waals surface area contributed by atoms with Crippen LogP contribution < -0.4 is 10.1 Å². The molecule has 9 heteroatoms. The topological polar surface area (TPSA) is 58.6 Å². The molecule has 1 saturated heterocycles. The average molecular weight is 348 g/mol. The molecule has 1 aromatic rings. The molecule has 0 saturated carbocycles. The zero-order chi connectivity index (χ0) is 17.0. The maximum Gasteiger partial charge on any atom is 0.573 e. The number of nitrogens with one attached hydrogen (secondary N) is 1. The largest absolute Gasteiger partial charge is 0.573 e. The Hall–Kier alpha value is -1.90. The van der Waals surface area contributed by atoms with Crippen molar-refractivity contribution in [3.05, 3.63) is 29.8 Å². The summed E-state index contributed by atoms with van der Waals surface area (Å²) in [5.74, 6) is 0.0736. The van der Waals surface area contributed by atoms with Crippen molar-refractivity contribution in [2.75, 3.05) is 12.0 Å². The Balaban J connectivity index is 1.99. The van der Waals surface area contributed by atoms with E-state index in [0.29, 0.717) is 12.0 Å². The van der Waals surface area contributed by atoms with Gasteiger partial charge in [0.1, 0.15) is 11.8 Å². The third kappa shape index (κ3) is 4.78. The number of carbonyl (C=O) groups excluding carboxylic acids is 2. The molecule has 1 fully saturated rings. The third-order valence-electron chi connectivity index (χ3n) is 3.22. The molecule has 0 unspecified atom stereocenters. The number of alkyl halides is 3. The van der Waals surface area contributed by atoms with Crippen molar-refractivity contribution in [1.29, 1.82) is 0 Å². The highest BCUT2D eigenvalue weighted by Gasteiger charge is 2.37. The molecule has 1 heterocycles. The van der Waals surface area contributed by atoms with Crippen molar-refractivity contribution in [1.82, 2.24) is 10.2 Å². The number of nitrogens with zero attached hydrogens (tertiary/aromatic N) is 1. The maximum absolute atomic E-state index is 12.1. The average Bonchev–Trinajstić information content (AvgIpc) is 2.73. The molecule has 0 spiro atoms. The molecule has 23 heavy (non-hydrogen) atoms. The number of thioether (sulfide) groups is 1. The lowest BCUT2D eigenvalue weighted by Gasteiger charge is -2.14. The third-order valence-corrected chi connectivity index (χ3v) is 3.86. The van der Waals surface area contributed by atoms with E-state index in [4.69, 9.17) is 0 Å². The highest BCUT2D eigenvalue weighted by atomic mass is 32.2.